The SMILES string of the molecule is CCCCCC/C=C\CCCCCCCC(=O)OCCCC/C=C\CCCCCCCC(=O)NC(CO)C(O)/C=C/CCCCCCCCCCCCCCCC. The monoisotopic (exact) mass is 802 g/mol. The number of amides is 1. The topological polar surface area (TPSA) is 95.9 Å². The van der Waals surface area contributed by atoms with Crippen molar-refractivity contribution in [3.63, 3.8) is 0 Å². The van der Waals surface area contributed by atoms with Gasteiger partial charge >= 0.3 is 5.97 Å². The summed E-state index contributed by atoms with van der Waals surface area (Å²) in [4.78, 5) is 24.4. The second-order valence-electron chi connectivity index (χ2n) is 16.8. The van der Waals surface area contributed by atoms with Gasteiger partial charge in [0.25, 0.3) is 0 Å². The highest BCUT2D eigenvalue weighted by Crippen LogP contribution is 2.15. The molecule has 334 valence electrons. The highest BCUT2D eigenvalue weighted by atomic mass is 16.5. The van der Waals surface area contributed by atoms with Crippen LogP contribution in [-0.4, -0.2) is 47.4 Å². The molecule has 3 N–H and O–H groups in total. The molecule has 2 unspecified atom stereocenters. The predicted octanol–water partition coefficient (Wildman–Crippen LogP) is 14.5. The molecule has 0 aliphatic heterocycles. The van der Waals surface area contributed by atoms with Crippen LogP contribution >= 0.6 is 0 Å². The standard InChI is InChI=1S/C51H95NO5/c1-3-5-7-9-11-13-15-17-18-19-21-23-27-31-35-39-43-49(54)48(47-53)52-50(55)44-40-36-32-28-24-22-26-30-34-38-42-46-57-51(56)45-41-37-33-29-25-20-16-14-12-10-8-6-4-2/h14,16,26,30,39,43,48-49,53-54H,3-13,15,17-25,27-29,31-38,40-42,44-47H2,1-2H3,(H,52,55)/b16-14-,30-26-,43-39+. The number of aliphatic hydroxyl groups is 2. The van der Waals surface area contributed by atoms with E-state index in [1.54, 1.807) is 6.08 Å². The molecule has 1 amide bonds. The quantitative estimate of drug-likeness (QED) is 0.0324. The number of hydrogen-bond donors (Lipinski definition) is 3. The molecular weight excluding hydrogens is 707 g/mol. The zero-order valence-electron chi connectivity index (χ0n) is 37.8. The first-order valence-electron chi connectivity index (χ1n) is 24.8. The largest absolute Gasteiger partial charge is 0.466 e. The summed E-state index contributed by atoms with van der Waals surface area (Å²) in [6, 6.07) is -0.649. The number of carbonyl (C=O) groups excluding carboxylic acids is 2. The van der Waals surface area contributed by atoms with Gasteiger partial charge in [0, 0.05) is 12.8 Å². The molecule has 0 aliphatic rings. The molecule has 0 aliphatic carbocycles. The molecule has 0 aromatic heterocycles. The molecule has 6 nitrogen and oxygen atoms in total. The number of hydrogen-bond acceptors (Lipinski definition) is 5. The van der Waals surface area contributed by atoms with Crippen molar-refractivity contribution in [1.82, 2.24) is 5.32 Å². The van der Waals surface area contributed by atoms with E-state index in [0.29, 0.717) is 19.4 Å². The van der Waals surface area contributed by atoms with Crippen LogP contribution in [0.2, 0.25) is 0 Å². The van der Waals surface area contributed by atoms with Crippen LogP contribution in [0, 0.1) is 0 Å². The summed E-state index contributed by atoms with van der Waals surface area (Å²) in [6.45, 7) is 4.80. The van der Waals surface area contributed by atoms with Crippen molar-refractivity contribution in [3.8, 4) is 0 Å². The Balaban J connectivity index is 3.58. The fraction of sp³-hybridized carbons (Fsp3) is 0.843. The number of carbonyl (C=O) groups is 2. The van der Waals surface area contributed by atoms with Gasteiger partial charge in [-0.25, -0.2) is 0 Å². The molecule has 0 radical (unpaired) electrons. The van der Waals surface area contributed by atoms with Gasteiger partial charge in [-0.15, -0.1) is 0 Å². The Labute approximate surface area is 353 Å². The van der Waals surface area contributed by atoms with E-state index in [2.05, 4.69) is 43.5 Å². The van der Waals surface area contributed by atoms with Gasteiger partial charge in [-0.1, -0.05) is 192 Å². The highest BCUT2D eigenvalue weighted by Gasteiger charge is 2.18. The Morgan fingerprint density at radius 3 is 1.26 bits per heavy atom. The second-order valence-corrected chi connectivity index (χ2v) is 16.8. The van der Waals surface area contributed by atoms with Gasteiger partial charge < -0.3 is 20.3 Å². The molecule has 0 rings (SSSR count). The van der Waals surface area contributed by atoms with E-state index in [-0.39, 0.29) is 18.5 Å². The molecule has 0 fully saturated rings. The lowest BCUT2D eigenvalue weighted by atomic mass is 10.0. The minimum absolute atomic E-state index is 0.0429. The predicted molar refractivity (Wildman–Crippen MR) is 246 cm³/mol. The zero-order chi connectivity index (χ0) is 41.5. The van der Waals surface area contributed by atoms with Gasteiger partial charge in [0.05, 0.1) is 25.4 Å². The van der Waals surface area contributed by atoms with Crippen LogP contribution in [0.4, 0.5) is 0 Å². The van der Waals surface area contributed by atoms with Crippen LogP contribution in [0.1, 0.15) is 251 Å². The minimum Gasteiger partial charge on any atom is -0.466 e. The number of nitrogens with one attached hydrogen (secondary N) is 1. The maximum absolute atomic E-state index is 12.4. The van der Waals surface area contributed by atoms with Crippen LogP contribution in [0.15, 0.2) is 36.5 Å². The van der Waals surface area contributed by atoms with Crippen molar-refractivity contribution < 1.29 is 24.5 Å². The minimum atomic E-state index is -0.863. The third-order valence-corrected chi connectivity index (χ3v) is 11.1. The van der Waals surface area contributed by atoms with Gasteiger partial charge in [0.15, 0.2) is 0 Å². The number of rotatable bonds is 45. The van der Waals surface area contributed by atoms with Crippen molar-refractivity contribution in [1.29, 1.82) is 0 Å². The van der Waals surface area contributed by atoms with E-state index in [4.69, 9.17) is 4.74 Å². The van der Waals surface area contributed by atoms with Gasteiger partial charge in [-0.05, 0) is 83.5 Å². The lowest BCUT2D eigenvalue weighted by molar-refractivity contribution is -0.143. The summed E-state index contributed by atoms with van der Waals surface area (Å²) < 4.78 is 5.42. The van der Waals surface area contributed by atoms with Crippen LogP contribution in [0.5, 0.6) is 0 Å². The Kier molecular flexibility index (Phi) is 45.2. The van der Waals surface area contributed by atoms with Gasteiger partial charge in [0.1, 0.15) is 0 Å². The summed E-state index contributed by atoms with van der Waals surface area (Å²) in [5.41, 5.74) is 0. The fourth-order valence-electron chi connectivity index (χ4n) is 7.27. The third kappa shape index (κ3) is 43.5. The Hall–Kier alpha value is -1.92. The summed E-state index contributed by atoms with van der Waals surface area (Å²) >= 11 is 0. The van der Waals surface area contributed by atoms with E-state index in [9.17, 15) is 19.8 Å². The normalized spacial score (nSPS) is 13.0. The van der Waals surface area contributed by atoms with Crippen LogP contribution in [0.3, 0.4) is 0 Å². The number of ether oxygens (including phenoxy) is 1. The number of allylic oxidation sites excluding steroid dienone is 5. The zero-order valence-corrected chi connectivity index (χ0v) is 37.8. The average molecular weight is 802 g/mol. The van der Waals surface area contributed by atoms with E-state index in [1.165, 1.54) is 141 Å². The molecule has 57 heavy (non-hydrogen) atoms. The van der Waals surface area contributed by atoms with Crippen LogP contribution in [-0.2, 0) is 14.3 Å². The van der Waals surface area contributed by atoms with Gasteiger partial charge in [0.2, 0.25) is 5.91 Å². The molecule has 0 heterocycles. The maximum atomic E-state index is 12.4. The number of esters is 1. The Bertz CT molecular complexity index is 931. The average Bonchev–Trinajstić information content (AvgIpc) is 3.21. The van der Waals surface area contributed by atoms with Crippen molar-refractivity contribution in [2.45, 2.75) is 264 Å². The lowest BCUT2D eigenvalue weighted by Crippen LogP contribution is -2.45. The summed E-state index contributed by atoms with van der Waals surface area (Å²) in [6.07, 6.45) is 55.7. The Morgan fingerprint density at radius 1 is 0.474 bits per heavy atom. The highest BCUT2D eigenvalue weighted by molar-refractivity contribution is 5.76. The Morgan fingerprint density at radius 2 is 0.825 bits per heavy atom. The molecule has 0 saturated carbocycles. The van der Waals surface area contributed by atoms with Crippen molar-refractivity contribution >= 4 is 11.9 Å². The molecular formula is C51H95NO5. The molecule has 2 atom stereocenters. The molecule has 0 aromatic carbocycles. The van der Waals surface area contributed by atoms with Crippen molar-refractivity contribution in [3.05, 3.63) is 36.5 Å². The first-order chi connectivity index (χ1) is 28.0. The number of aliphatic hydroxyl groups excluding tert-OH is 2. The van der Waals surface area contributed by atoms with Crippen LogP contribution < -0.4 is 5.32 Å². The maximum Gasteiger partial charge on any atom is 0.305 e. The smallest absolute Gasteiger partial charge is 0.305 e. The molecule has 0 spiro atoms. The third-order valence-electron chi connectivity index (χ3n) is 11.1. The fourth-order valence-corrected chi connectivity index (χ4v) is 7.27. The van der Waals surface area contributed by atoms with E-state index >= 15 is 0 Å². The van der Waals surface area contributed by atoms with E-state index < -0.39 is 12.1 Å². The summed E-state index contributed by atoms with van der Waals surface area (Å²) in [7, 11) is 0. The van der Waals surface area contributed by atoms with E-state index in [1.807, 2.05) is 6.08 Å². The summed E-state index contributed by atoms with van der Waals surface area (Å²) in [5, 5.41) is 23.0. The van der Waals surface area contributed by atoms with Crippen molar-refractivity contribution in [2.75, 3.05) is 13.2 Å². The molecule has 0 bridgehead atoms. The summed E-state index contributed by atoms with van der Waals surface area (Å²) in [5.74, 6) is -0.141. The van der Waals surface area contributed by atoms with E-state index in [0.717, 1.165) is 83.5 Å². The first kappa shape index (κ1) is 55.1. The molecule has 0 saturated heterocycles. The van der Waals surface area contributed by atoms with Gasteiger partial charge in [-0.3, -0.25) is 9.59 Å². The lowest BCUT2D eigenvalue weighted by Gasteiger charge is -2.20. The number of unbranched alkanes of at least 4 members (excludes halogenated alkanes) is 30. The second kappa shape index (κ2) is 46.8. The van der Waals surface area contributed by atoms with Crippen LogP contribution in [0.25, 0.3) is 0 Å². The molecule has 6 heteroatoms. The molecule has 0 aromatic rings. The van der Waals surface area contributed by atoms with Crippen molar-refractivity contribution in [2.24, 2.45) is 0 Å². The first-order valence-corrected chi connectivity index (χ1v) is 24.8. The van der Waals surface area contributed by atoms with Gasteiger partial charge in [-0.2, -0.15) is 0 Å².